The van der Waals surface area contributed by atoms with E-state index in [2.05, 4.69) is 47.3 Å². The molecule has 0 aliphatic heterocycles. The van der Waals surface area contributed by atoms with E-state index in [4.69, 9.17) is 0 Å². The van der Waals surface area contributed by atoms with E-state index in [-0.39, 0.29) is 0 Å². The largest absolute Gasteiger partial charge is 0.231 e. The van der Waals surface area contributed by atoms with Gasteiger partial charge in [0.05, 0.1) is 11.4 Å². The Morgan fingerprint density at radius 1 is 1.15 bits per heavy atom. The Morgan fingerprint density at radius 3 is 2.55 bits per heavy atom. The smallest absolute Gasteiger partial charge is 0.165 e. The standard InChI is InChI=1S/C16H14N4/c1-3-12-4-6-13(7-5-12)14-8-9-16-18-11(2)15(10-17)20(16)19-14/h4-9H,3H2,1-2H3. The predicted molar refractivity (Wildman–Crippen MR) is 77.3 cm³/mol. The molecule has 0 saturated heterocycles. The Hall–Kier alpha value is -2.67. The zero-order chi connectivity index (χ0) is 14.1. The van der Waals surface area contributed by atoms with Crippen molar-refractivity contribution in [1.82, 2.24) is 14.6 Å². The molecule has 0 saturated carbocycles. The van der Waals surface area contributed by atoms with Crippen molar-refractivity contribution in [3.8, 4) is 17.3 Å². The highest BCUT2D eigenvalue weighted by Crippen LogP contribution is 2.19. The molecule has 3 rings (SSSR count). The number of aromatic nitrogens is 3. The fourth-order valence-corrected chi connectivity index (χ4v) is 2.24. The summed E-state index contributed by atoms with van der Waals surface area (Å²) in [5.74, 6) is 0. The SMILES string of the molecule is CCc1ccc(-c2ccc3nc(C)c(C#N)n3n2)cc1. The highest BCUT2D eigenvalue weighted by atomic mass is 15.3. The second kappa shape index (κ2) is 4.78. The van der Waals surface area contributed by atoms with Crippen LogP contribution in [0.4, 0.5) is 0 Å². The highest BCUT2D eigenvalue weighted by molar-refractivity contribution is 5.61. The minimum absolute atomic E-state index is 0.493. The van der Waals surface area contributed by atoms with Gasteiger partial charge in [-0.2, -0.15) is 10.4 Å². The van der Waals surface area contributed by atoms with Gasteiger partial charge in [0.2, 0.25) is 0 Å². The first-order valence-corrected chi connectivity index (χ1v) is 6.58. The molecule has 1 aromatic carbocycles. The first-order chi connectivity index (χ1) is 9.72. The Morgan fingerprint density at radius 2 is 1.90 bits per heavy atom. The number of nitrogens with zero attached hydrogens (tertiary/aromatic N) is 4. The summed E-state index contributed by atoms with van der Waals surface area (Å²) < 4.78 is 1.61. The van der Waals surface area contributed by atoms with Gasteiger partial charge in [-0.15, -0.1) is 0 Å². The van der Waals surface area contributed by atoms with Gasteiger partial charge in [0, 0.05) is 5.56 Å². The average molecular weight is 262 g/mol. The predicted octanol–water partition coefficient (Wildman–Crippen LogP) is 3.14. The number of benzene rings is 1. The molecule has 0 spiro atoms. The number of imidazole rings is 1. The summed E-state index contributed by atoms with van der Waals surface area (Å²) in [5.41, 5.74) is 5.08. The normalized spacial score (nSPS) is 10.7. The highest BCUT2D eigenvalue weighted by Gasteiger charge is 2.10. The van der Waals surface area contributed by atoms with Crippen LogP contribution in [-0.4, -0.2) is 14.6 Å². The van der Waals surface area contributed by atoms with E-state index in [1.165, 1.54) is 5.56 Å². The van der Waals surface area contributed by atoms with Gasteiger partial charge in [-0.1, -0.05) is 31.2 Å². The minimum atomic E-state index is 0.493. The van der Waals surface area contributed by atoms with Crippen LogP contribution >= 0.6 is 0 Å². The van der Waals surface area contributed by atoms with Crippen molar-refractivity contribution in [2.45, 2.75) is 20.3 Å². The van der Waals surface area contributed by atoms with Crippen LogP contribution in [0.2, 0.25) is 0 Å². The summed E-state index contributed by atoms with van der Waals surface area (Å²) in [6, 6.07) is 14.3. The van der Waals surface area contributed by atoms with Gasteiger partial charge >= 0.3 is 0 Å². The number of fused-ring (bicyclic) bond motifs is 1. The summed E-state index contributed by atoms with van der Waals surface area (Å²) in [5, 5.41) is 13.7. The average Bonchev–Trinajstić information content (AvgIpc) is 2.81. The van der Waals surface area contributed by atoms with Crippen molar-refractivity contribution >= 4 is 5.65 Å². The van der Waals surface area contributed by atoms with Crippen molar-refractivity contribution < 1.29 is 0 Å². The number of nitriles is 1. The summed E-state index contributed by atoms with van der Waals surface area (Å²) in [6.45, 7) is 3.95. The van der Waals surface area contributed by atoms with E-state index in [9.17, 15) is 5.26 Å². The van der Waals surface area contributed by atoms with E-state index >= 15 is 0 Å². The molecule has 2 aromatic heterocycles. The zero-order valence-corrected chi connectivity index (χ0v) is 11.5. The van der Waals surface area contributed by atoms with Gasteiger partial charge in [0.25, 0.3) is 0 Å². The molecular weight excluding hydrogens is 248 g/mol. The Labute approximate surface area is 117 Å². The fourth-order valence-electron chi connectivity index (χ4n) is 2.24. The minimum Gasteiger partial charge on any atom is -0.231 e. The maximum atomic E-state index is 9.18. The Bertz CT molecular complexity index is 807. The van der Waals surface area contributed by atoms with Crippen molar-refractivity contribution in [2.75, 3.05) is 0 Å². The summed E-state index contributed by atoms with van der Waals surface area (Å²) in [6.07, 6.45) is 1.02. The lowest BCUT2D eigenvalue weighted by atomic mass is 10.1. The molecule has 0 fully saturated rings. The molecule has 20 heavy (non-hydrogen) atoms. The van der Waals surface area contributed by atoms with Crippen molar-refractivity contribution in [1.29, 1.82) is 5.26 Å². The molecule has 0 unspecified atom stereocenters. The number of rotatable bonds is 2. The number of hydrogen-bond acceptors (Lipinski definition) is 3. The molecule has 98 valence electrons. The number of hydrogen-bond donors (Lipinski definition) is 0. The molecule has 0 radical (unpaired) electrons. The van der Waals surface area contributed by atoms with E-state index in [0.29, 0.717) is 17.0 Å². The Balaban J connectivity index is 2.14. The zero-order valence-electron chi connectivity index (χ0n) is 11.5. The van der Waals surface area contributed by atoms with Crippen molar-refractivity contribution in [2.24, 2.45) is 0 Å². The van der Waals surface area contributed by atoms with Crippen LogP contribution < -0.4 is 0 Å². The van der Waals surface area contributed by atoms with Gasteiger partial charge in [0.1, 0.15) is 6.07 Å². The van der Waals surface area contributed by atoms with Crippen LogP contribution in [0.25, 0.3) is 16.9 Å². The van der Waals surface area contributed by atoms with Crippen LogP contribution in [0.5, 0.6) is 0 Å². The maximum absolute atomic E-state index is 9.18. The van der Waals surface area contributed by atoms with Gasteiger partial charge in [-0.3, -0.25) is 0 Å². The molecule has 3 aromatic rings. The van der Waals surface area contributed by atoms with Gasteiger partial charge in [0.15, 0.2) is 11.3 Å². The maximum Gasteiger partial charge on any atom is 0.165 e. The molecule has 0 N–H and O–H groups in total. The monoisotopic (exact) mass is 262 g/mol. The molecule has 4 nitrogen and oxygen atoms in total. The van der Waals surface area contributed by atoms with E-state index in [0.717, 1.165) is 17.7 Å². The van der Waals surface area contributed by atoms with E-state index in [1.54, 1.807) is 4.52 Å². The van der Waals surface area contributed by atoms with E-state index in [1.807, 2.05) is 19.1 Å². The lowest BCUT2D eigenvalue weighted by Gasteiger charge is -2.03. The van der Waals surface area contributed by atoms with Gasteiger partial charge in [-0.05, 0) is 31.0 Å². The molecular formula is C16H14N4. The topological polar surface area (TPSA) is 54.0 Å². The molecule has 0 aliphatic carbocycles. The third kappa shape index (κ3) is 1.94. The number of aryl methyl sites for hydroxylation is 2. The summed E-state index contributed by atoms with van der Waals surface area (Å²) in [4.78, 5) is 4.32. The lowest BCUT2D eigenvalue weighted by Crippen LogP contribution is -1.97. The first kappa shape index (κ1) is 12.4. The van der Waals surface area contributed by atoms with Crippen molar-refractivity contribution in [3.63, 3.8) is 0 Å². The van der Waals surface area contributed by atoms with Crippen LogP contribution in [0.1, 0.15) is 23.9 Å². The second-order valence-electron chi connectivity index (χ2n) is 4.70. The van der Waals surface area contributed by atoms with Crippen LogP contribution in [-0.2, 0) is 6.42 Å². The quantitative estimate of drug-likeness (QED) is 0.713. The molecule has 0 aliphatic rings. The molecule has 4 heteroatoms. The van der Waals surface area contributed by atoms with Gasteiger partial charge in [-0.25, -0.2) is 9.50 Å². The van der Waals surface area contributed by atoms with Crippen LogP contribution in [0, 0.1) is 18.3 Å². The van der Waals surface area contributed by atoms with Crippen LogP contribution in [0.15, 0.2) is 36.4 Å². The Kier molecular flexibility index (Phi) is 2.96. The fraction of sp³-hybridized carbons (Fsp3) is 0.188. The van der Waals surface area contributed by atoms with Gasteiger partial charge < -0.3 is 0 Å². The molecule has 0 amide bonds. The second-order valence-corrected chi connectivity index (χ2v) is 4.70. The third-order valence-electron chi connectivity index (χ3n) is 3.42. The van der Waals surface area contributed by atoms with Crippen LogP contribution in [0.3, 0.4) is 0 Å². The summed E-state index contributed by atoms with van der Waals surface area (Å²) in [7, 11) is 0. The summed E-state index contributed by atoms with van der Waals surface area (Å²) >= 11 is 0. The molecule has 0 atom stereocenters. The van der Waals surface area contributed by atoms with Crippen molar-refractivity contribution in [3.05, 3.63) is 53.3 Å². The lowest BCUT2D eigenvalue weighted by molar-refractivity contribution is 0.924. The third-order valence-corrected chi connectivity index (χ3v) is 3.42. The van der Waals surface area contributed by atoms with E-state index < -0.39 is 0 Å². The first-order valence-electron chi connectivity index (χ1n) is 6.58. The molecule has 2 heterocycles. The molecule has 0 bridgehead atoms.